The normalized spacial score (nSPS) is 10.2. The summed E-state index contributed by atoms with van der Waals surface area (Å²) in [5, 5.41) is 5.76. The van der Waals surface area contributed by atoms with Crippen LogP contribution in [0.2, 0.25) is 0 Å². The molecule has 1 aromatic carbocycles. The second kappa shape index (κ2) is 6.36. The SMILES string of the molecule is CCc1cc(C)c(NC(C)=O)c(CC)c1NC(C)=O. The van der Waals surface area contributed by atoms with Crippen molar-refractivity contribution in [2.24, 2.45) is 0 Å². The first-order chi connectivity index (χ1) is 8.90. The van der Waals surface area contributed by atoms with E-state index in [1.807, 2.05) is 19.9 Å². The number of anilines is 2. The predicted octanol–water partition coefficient (Wildman–Crippen LogP) is 3.04. The van der Waals surface area contributed by atoms with Crippen LogP contribution in [0.4, 0.5) is 11.4 Å². The van der Waals surface area contributed by atoms with Gasteiger partial charge in [0.2, 0.25) is 11.8 Å². The molecule has 0 aromatic heterocycles. The van der Waals surface area contributed by atoms with Crippen LogP contribution in [0.15, 0.2) is 6.07 Å². The van der Waals surface area contributed by atoms with Crippen molar-refractivity contribution in [3.8, 4) is 0 Å². The summed E-state index contributed by atoms with van der Waals surface area (Å²) < 4.78 is 0. The van der Waals surface area contributed by atoms with Crippen molar-refractivity contribution in [2.75, 3.05) is 10.6 Å². The summed E-state index contributed by atoms with van der Waals surface area (Å²) in [6, 6.07) is 2.02. The van der Waals surface area contributed by atoms with E-state index in [1.54, 1.807) is 0 Å². The number of hydrogen-bond donors (Lipinski definition) is 2. The first-order valence-corrected chi connectivity index (χ1v) is 6.61. The molecular formula is C15H22N2O2. The Morgan fingerprint density at radius 1 is 1.00 bits per heavy atom. The minimum atomic E-state index is -0.101. The van der Waals surface area contributed by atoms with E-state index < -0.39 is 0 Å². The van der Waals surface area contributed by atoms with Gasteiger partial charge in [-0.3, -0.25) is 9.59 Å². The van der Waals surface area contributed by atoms with Crippen LogP contribution >= 0.6 is 0 Å². The Hall–Kier alpha value is -1.84. The molecular weight excluding hydrogens is 240 g/mol. The van der Waals surface area contributed by atoms with E-state index in [2.05, 4.69) is 17.6 Å². The molecule has 0 heterocycles. The number of aryl methyl sites for hydroxylation is 2. The van der Waals surface area contributed by atoms with Crippen LogP contribution < -0.4 is 10.6 Å². The first kappa shape index (κ1) is 15.2. The Morgan fingerprint density at radius 2 is 1.53 bits per heavy atom. The first-order valence-electron chi connectivity index (χ1n) is 6.61. The quantitative estimate of drug-likeness (QED) is 0.876. The van der Waals surface area contributed by atoms with Crippen molar-refractivity contribution in [1.82, 2.24) is 0 Å². The molecule has 2 N–H and O–H groups in total. The Morgan fingerprint density at radius 3 is 1.95 bits per heavy atom. The Bertz CT molecular complexity index is 507. The number of carbonyl (C=O) groups is 2. The van der Waals surface area contributed by atoms with E-state index in [0.29, 0.717) is 0 Å². The lowest BCUT2D eigenvalue weighted by Crippen LogP contribution is -2.15. The molecule has 0 saturated carbocycles. The Labute approximate surface area is 114 Å². The fourth-order valence-electron chi connectivity index (χ4n) is 2.28. The summed E-state index contributed by atoms with van der Waals surface area (Å²) in [6.45, 7) is 9.03. The van der Waals surface area contributed by atoms with Gasteiger partial charge >= 0.3 is 0 Å². The van der Waals surface area contributed by atoms with Gasteiger partial charge in [0.15, 0.2) is 0 Å². The average molecular weight is 262 g/mol. The lowest BCUT2D eigenvalue weighted by Gasteiger charge is -2.20. The molecule has 0 unspecified atom stereocenters. The highest BCUT2D eigenvalue weighted by molar-refractivity contribution is 5.96. The minimum absolute atomic E-state index is 0.0953. The number of rotatable bonds is 4. The zero-order chi connectivity index (χ0) is 14.6. The van der Waals surface area contributed by atoms with Crippen LogP contribution in [0.3, 0.4) is 0 Å². The molecule has 0 aliphatic rings. The lowest BCUT2D eigenvalue weighted by molar-refractivity contribution is -0.115. The van der Waals surface area contributed by atoms with E-state index >= 15 is 0 Å². The van der Waals surface area contributed by atoms with Gasteiger partial charge in [0.1, 0.15) is 0 Å². The van der Waals surface area contributed by atoms with Crippen LogP contribution in [-0.2, 0) is 22.4 Å². The summed E-state index contributed by atoms with van der Waals surface area (Å²) in [7, 11) is 0. The third-order valence-corrected chi connectivity index (χ3v) is 3.05. The van der Waals surface area contributed by atoms with E-state index in [0.717, 1.165) is 40.9 Å². The van der Waals surface area contributed by atoms with Gasteiger partial charge in [0, 0.05) is 25.2 Å². The van der Waals surface area contributed by atoms with Crippen LogP contribution in [0.1, 0.15) is 44.4 Å². The average Bonchev–Trinajstić information content (AvgIpc) is 2.32. The van der Waals surface area contributed by atoms with Crippen LogP contribution in [0.5, 0.6) is 0 Å². The summed E-state index contributed by atoms with van der Waals surface area (Å²) >= 11 is 0. The van der Waals surface area contributed by atoms with Gasteiger partial charge < -0.3 is 10.6 Å². The molecule has 0 radical (unpaired) electrons. The molecule has 4 heteroatoms. The van der Waals surface area contributed by atoms with Crippen molar-refractivity contribution >= 4 is 23.2 Å². The van der Waals surface area contributed by atoms with Gasteiger partial charge in [-0.25, -0.2) is 0 Å². The summed E-state index contributed by atoms with van der Waals surface area (Å²) in [6.07, 6.45) is 1.59. The third kappa shape index (κ3) is 3.56. The zero-order valence-electron chi connectivity index (χ0n) is 12.3. The molecule has 0 spiro atoms. The number of benzene rings is 1. The minimum Gasteiger partial charge on any atom is -0.326 e. The highest BCUT2D eigenvalue weighted by Crippen LogP contribution is 2.33. The highest BCUT2D eigenvalue weighted by Gasteiger charge is 2.16. The smallest absolute Gasteiger partial charge is 0.221 e. The number of amides is 2. The molecule has 2 amide bonds. The molecule has 104 valence electrons. The number of nitrogens with one attached hydrogen (secondary N) is 2. The number of carbonyl (C=O) groups excluding carboxylic acids is 2. The van der Waals surface area contributed by atoms with Gasteiger partial charge in [-0.15, -0.1) is 0 Å². The molecule has 1 rings (SSSR count). The third-order valence-electron chi connectivity index (χ3n) is 3.05. The fourth-order valence-corrected chi connectivity index (χ4v) is 2.28. The standard InChI is InChI=1S/C15H22N2O2/c1-6-12-8-9(3)14(16-10(4)18)13(7-2)15(12)17-11(5)19/h8H,6-7H2,1-5H3,(H,16,18)(H,17,19). The van der Waals surface area contributed by atoms with Crippen molar-refractivity contribution < 1.29 is 9.59 Å². The molecule has 0 fully saturated rings. The molecule has 0 aliphatic heterocycles. The zero-order valence-corrected chi connectivity index (χ0v) is 12.3. The molecule has 4 nitrogen and oxygen atoms in total. The second-order valence-corrected chi connectivity index (χ2v) is 4.65. The maximum atomic E-state index is 11.4. The van der Waals surface area contributed by atoms with Gasteiger partial charge in [0.05, 0.1) is 0 Å². The van der Waals surface area contributed by atoms with Gasteiger partial charge in [-0.1, -0.05) is 19.9 Å². The summed E-state index contributed by atoms with van der Waals surface area (Å²) in [4.78, 5) is 22.7. The lowest BCUT2D eigenvalue weighted by atomic mass is 9.96. The largest absolute Gasteiger partial charge is 0.326 e. The van der Waals surface area contributed by atoms with Crippen LogP contribution in [0, 0.1) is 6.92 Å². The van der Waals surface area contributed by atoms with Crippen LogP contribution in [-0.4, -0.2) is 11.8 Å². The molecule has 19 heavy (non-hydrogen) atoms. The predicted molar refractivity (Wildman–Crippen MR) is 78.5 cm³/mol. The second-order valence-electron chi connectivity index (χ2n) is 4.65. The molecule has 0 aliphatic carbocycles. The van der Waals surface area contributed by atoms with Gasteiger partial charge in [0.25, 0.3) is 0 Å². The Kier molecular flexibility index (Phi) is 5.10. The molecule has 0 bridgehead atoms. The summed E-state index contributed by atoms with van der Waals surface area (Å²) in [5.41, 5.74) is 4.77. The van der Waals surface area contributed by atoms with E-state index in [9.17, 15) is 9.59 Å². The van der Waals surface area contributed by atoms with E-state index in [1.165, 1.54) is 13.8 Å². The Balaban J connectivity index is 3.47. The molecule has 0 saturated heterocycles. The maximum absolute atomic E-state index is 11.4. The van der Waals surface area contributed by atoms with Crippen molar-refractivity contribution in [3.05, 3.63) is 22.8 Å². The topological polar surface area (TPSA) is 58.2 Å². The van der Waals surface area contributed by atoms with Gasteiger partial charge in [-0.05, 0) is 36.5 Å². The summed E-state index contributed by atoms with van der Waals surface area (Å²) in [5.74, 6) is -0.196. The highest BCUT2D eigenvalue weighted by atomic mass is 16.2. The van der Waals surface area contributed by atoms with Crippen molar-refractivity contribution in [2.45, 2.75) is 47.5 Å². The molecule has 0 atom stereocenters. The maximum Gasteiger partial charge on any atom is 0.221 e. The molecule has 1 aromatic rings. The van der Waals surface area contributed by atoms with Crippen LogP contribution in [0.25, 0.3) is 0 Å². The van der Waals surface area contributed by atoms with Crippen molar-refractivity contribution in [1.29, 1.82) is 0 Å². The van der Waals surface area contributed by atoms with E-state index in [-0.39, 0.29) is 11.8 Å². The fraction of sp³-hybridized carbons (Fsp3) is 0.467. The number of hydrogen-bond acceptors (Lipinski definition) is 2. The van der Waals surface area contributed by atoms with Gasteiger partial charge in [-0.2, -0.15) is 0 Å². The van der Waals surface area contributed by atoms with Crippen molar-refractivity contribution in [3.63, 3.8) is 0 Å². The van der Waals surface area contributed by atoms with E-state index in [4.69, 9.17) is 0 Å². The monoisotopic (exact) mass is 262 g/mol.